The lowest BCUT2D eigenvalue weighted by atomic mass is 9.78. The smallest absolute Gasteiger partial charge is 0.134 e. The van der Waals surface area contributed by atoms with Gasteiger partial charge in [-0.25, -0.2) is 0 Å². The molecule has 0 N–H and O–H groups in total. The van der Waals surface area contributed by atoms with Gasteiger partial charge in [0.1, 0.15) is 23.6 Å². The van der Waals surface area contributed by atoms with Crippen molar-refractivity contribution >= 4 is 0 Å². The third-order valence-electron chi connectivity index (χ3n) is 4.30. The molecule has 0 aliphatic heterocycles. The van der Waals surface area contributed by atoms with Crippen molar-refractivity contribution in [3.05, 3.63) is 58.1 Å². The van der Waals surface area contributed by atoms with Gasteiger partial charge in [0, 0.05) is 11.1 Å². The molecule has 0 spiro atoms. The predicted molar refractivity (Wildman–Crippen MR) is 105 cm³/mol. The van der Waals surface area contributed by atoms with E-state index in [-0.39, 0.29) is 10.8 Å². The summed E-state index contributed by atoms with van der Waals surface area (Å²) in [6.45, 7) is 15.1. The summed E-state index contributed by atoms with van der Waals surface area (Å²) < 4.78 is 6.33. The highest BCUT2D eigenvalue weighted by Crippen LogP contribution is 2.42. The maximum atomic E-state index is 9.29. The maximum Gasteiger partial charge on any atom is 0.134 e. The van der Waals surface area contributed by atoms with Gasteiger partial charge in [-0.15, -0.1) is 0 Å². The molecule has 0 aromatic heterocycles. The Bertz CT molecular complexity index is 878. The van der Waals surface area contributed by atoms with Crippen LogP contribution in [0, 0.1) is 29.6 Å². The molecular formula is C23H26N2O. The Labute approximate surface area is 156 Å². The van der Waals surface area contributed by atoms with Crippen LogP contribution in [0.25, 0.3) is 0 Å². The van der Waals surface area contributed by atoms with E-state index in [4.69, 9.17) is 10.00 Å². The van der Waals surface area contributed by atoms with Gasteiger partial charge in [-0.2, -0.15) is 10.5 Å². The summed E-state index contributed by atoms with van der Waals surface area (Å²) in [5.74, 6) is 1.41. The summed E-state index contributed by atoms with van der Waals surface area (Å²) in [5.41, 5.74) is 3.96. The SMILES string of the molecule is Cc1cc(C(C)(C)C)c(Oc2ccc(C#N)c(C#N)c2)c(C(C)(C)C)c1. The zero-order valence-corrected chi connectivity index (χ0v) is 16.7. The van der Waals surface area contributed by atoms with Crippen LogP contribution in [-0.4, -0.2) is 0 Å². The van der Waals surface area contributed by atoms with Gasteiger partial charge < -0.3 is 4.74 Å². The number of nitrogens with zero attached hydrogens (tertiary/aromatic N) is 2. The van der Waals surface area contributed by atoms with E-state index in [1.165, 1.54) is 5.56 Å². The predicted octanol–water partition coefficient (Wildman–Crippen LogP) is 6.13. The largest absolute Gasteiger partial charge is 0.457 e. The van der Waals surface area contributed by atoms with Crippen molar-refractivity contribution in [2.45, 2.75) is 59.3 Å². The molecule has 2 rings (SSSR count). The molecule has 0 saturated carbocycles. The van der Waals surface area contributed by atoms with Crippen LogP contribution in [0.5, 0.6) is 11.5 Å². The lowest BCUT2D eigenvalue weighted by Gasteiger charge is -2.30. The molecule has 3 nitrogen and oxygen atoms in total. The van der Waals surface area contributed by atoms with Crippen molar-refractivity contribution in [2.24, 2.45) is 0 Å². The van der Waals surface area contributed by atoms with E-state index in [0.717, 1.165) is 16.9 Å². The Balaban J connectivity index is 2.69. The second kappa shape index (κ2) is 6.85. The fourth-order valence-electron chi connectivity index (χ4n) is 2.89. The molecule has 26 heavy (non-hydrogen) atoms. The Morgan fingerprint density at radius 2 is 1.27 bits per heavy atom. The second-order valence-electron chi connectivity index (χ2n) is 8.72. The Morgan fingerprint density at radius 3 is 1.69 bits per heavy atom. The fraction of sp³-hybridized carbons (Fsp3) is 0.391. The molecule has 2 aromatic rings. The molecule has 0 fully saturated rings. The third kappa shape index (κ3) is 4.06. The van der Waals surface area contributed by atoms with Gasteiger partial charge in [0.2, 0.25) is 0 Å². The number of rotatable bonds is 2. The molecule has 0 bridgehead atoms. The average molecular weight is 346 g/mol. The molecule has 2 aromatic carbocycles. The van der Waals surface area contributed by atoms with Crippen LogP contribution in [0.2, 0.25) is 0 Å². The number of benzene rings is 2. The van der Waals surface area contributed by atoms with Crippen molar-refractivity contribution in [2.75, 3.05) is 0 Å². The van der Waals surface area contributed by atoms with Gasteiger partial charge in [-0.1, -0.05) is 59.2 Å². The Morgan fingerprint density at radius 1 is 0.769 bits per heavy atom. The van der Waals surface area contributed by atoms with Crippen LogP contribution in [0.3, 0.4) is 0 Å². The highest BCUT2D eigenvalue weighted by Gasteiger charge is 2.28. The Hall–Kier alpha value is -2.78. The van der Waals surface area contributed by atoms with Gasteiger partial charge in [-0.05, 0) is 36.0 Å². The Kier molecular flexibility index (Phi) is 5.15. The quantitative estimate of drug-likeness (QED) is 0.657. The monoisotopic (exact) mass is 346 g/mol. The molecular weight excluding hydrogens is 320 g/mol. The van der Waals surface area contributed by atoms with Crippen molar-refractivity contribution < 1.29 is 4.74 Å². The fourth-order valence-corrected chi connectivity index (χ4v) is 2.89. The molecule has 0 aliphatic carbocycles. The number of hydrogen-bond donors (Lipinski definition) is 0. The zero-order valence-electron chi connectivity index (χ0n) is 16.7. The normalized spacial score (nSPS) is 11.6. The van der Waals surface area contributed by atoms with E-state index >= 15 is 0 Å². The number of nitriles is 2. The zero-order chi connectivity index (χ0) is 19.7. The molecule has 0 aliphatic rings. The summed E-state index contributed by atoms with van der Waals surface area (Å²) in [6, 6.07) is 13.5. The second-order valence-corrected chi connectivity index (χ2v) is 8.72. The molecule has 0 unspecified atom stereocenters. The highest BCUT2D eigenvalue weighted by molar-refractivity contribution is 5.54. The van der Waals surface area contributed by atoms with Crippen molar-refractivity contribution in [3.63, 3.8) is 0 Å². The summed E-state index contributed by atoms with van der Waals surface area (Å²) in [5, 5.41) is 18.4. The summed E-state index contributed by atoms with van der Waals surface area (Å²) >= 11 is 0. The molecule has 0 atom stereocenters. The lowest BCUT2D eigenvalue weighted by Crippen LogP contribution is -2.19. The number of aryl methyl sites for hydroxylation is 1. The van der Waals surface area contributed by atoms with Crippen LogP contribution in [0.1, 0.15) is 69.4 Å². The van der Waals surface area contributed by atoms with Gasteiger partial charge in [-0.3, -0.25) is 0 Å². The van der Waals surface area contributed by atoms with Crippen LogP contribution < -0.4 is 4.74 Å². The first-order valence-electron chi connectivity index (χ1n) is 8.75. The molecule has 0 saturated heterocycles. The minimum atomic E-state index is -0.0913. The first kappa shape index (κ1) is 19.5. The van der Waals surface area contributed by atoms with E-state index < -0.39 is 0 Å². The molecule has 134 valence electrons. The topological polar surface area (TPSA) is 56.8 Å². The minimum absolute atomic E-state index is 0.0913. The van der Waals surface area contributed by atoms with Gasteiger partial charge in [0.05, 0.1) is 11.1 Å². The van der Waals surface area contributed by atoms with Crippen LogP contribution >= 0.6 is 0 Å². The van der Waals surface area contributed by atoms with E-state index in [1.54, 1.807) is 18.2 Å². The van der Waals surface area contributed by atoms with Crippen LogP contribution in [0.4, 0.5) is 0 Å². The number of hydrogen-bond acceptors (Lipinski definition) is 3. The van der Waals surface area contributed by atoms with Gasteiger partial charge in [0.15, 0.2) is 0 Å². The lowest BCUT2D eigenvalue weighted by molar-refractivity contribution is 0.432. The summed E-state index contributed by atoms with van der Waals surface area (Å²) in [7, 11) is 0. The van der Waals surface area contributed by atoms with Crippen LogP contribution in [0.15, 0.2) is 30.3 Å². The van der Waals surface area contributed by atoms with Crippen molar-refractivity contribution in [1.29, 1.82) is 10.5 Å². The maximum absolute atomic E-state index is 9.29. The van der Waals surface area contributed by atoms with E-state index in [0.29, 0.717) is 16.9 Å². The summed E-state index contributed by atoms with van der Waals surface area (Å²) in [6.07, 6.45) is 0. The highest BCUT2D eigenvalue weighted by atomic mass is 16.5. The number of ether oxygens (including phenoxy) is 1. The average Bonchev–Trinajstić information content (AvgIpc) is 2.54. The van der Waals surface area contributed by atoms with Crippen LogP contribution in [-0.2, 0) is 10.8 Å². The van der Waals surface area contributed by atoms with E-state index in [2.05, 4.69) is 66.7 Å². The van der Waals surface area contributed by atoms with Crippen molar-refractivity contribution in [1.82, 2.24) is 0 Å². The third-order valence-corrected chi connectivity index (χ3v) is 4.30. The van der Waals surface area contributed by atoms with Crippen molar-refractivity contribution in [3.8, 4) is 23.6 Å². The standard InChI is InChI=1S/C23H26N2O/c1-15-10-19(22(2,3)4)21(20(11-15)23(5,6)7)26-18-9-8-16(13-24)17(12-18)14-25/h8-12H,1-7H3. The van der Waals surface area contributed by atoms with Gasteiger partial charge >= 0.3 is 0 Å². The molecule has 0 heterocycles. The molecule has 0 radical (unpaired) electrons. The summed E-state index contributed by atoms with van der Waals surface area (Å²) in [4.78, 5) is 0. The molecule has 0 amide bonds. The van der Waals surface area contributed by atoms with E-state index in [1.807, 2.05) is 6.07 Å². The first-order valence-corrected chi connectivity index (χ1v) is 8.75. The van der Waals surface area contributed by atoms with Gasteiger partial charge in [0.25, 0.3) is 0 Å². The minimum Gasteiger partial charge on any atom is -0.457 e. The van der Waals surface area contributed by atoms with E-state index in [9.17, 15) is 5.26 Å². The first-order chi connectivity index (χ1) is 12.0. The molecule has 3 heteroatoms.